The van der Waals surface area contributed by atoms with E-state index in [-0.39, 0.29) is 9.53 Å². The lowest BCUT2D eigenvalue weighted by Crippen LogP contribution is -2.24. The van der Waals surface area contributed by atoms with Crippen LogP contribution in [0.2, 0.25) is 0 Å². The zero-order valence-electron chi connectivity index (χ0n) is 13.2. The number of ether oxygens (including phenoxy) is 2. The van der Waals surface area contributed by atoms with Gasteiger partial charge in [-0.05, 0) is 34.8 Å². The van der Waals surface area contributed by atoms with E-state index in [2.05, 4.69) is 64.5 Å². The van der Waals surface area contributed by atoms with Crippen LogP contribution in [0, 0.1) is 5.41 Å². The summed E-state index contributed by atoms with van der Waals surface area (Å²) in [6.45, 7) is 4.85. The standard InChI is InChI=1S/C19H20BrIO2/c1-19(2,11-12-20)18(21)22-14-15-7-6-10-17(13-15)23-16-8-4-3-5-9-16/h3-13,18H,14H2,1-2H3. The largest absolute Gasteiger partial charge is 0.457 e. The molecule has 0 fully saturated rings. The molecule has 0 aliphatic heterocycles. The number of hydrogen-bond acceptors (Lipinski definition) is 2. The molecule has 2 aromatic carbocycles. The van der Waals surface area contributed by atoms with Crippen LogP contribution in [0.1, 0.15) is 19.4 Å². The Balaban J connectivity index is 1.98. The summed E-state index contributed by atoms with van der Waals surface area (Å²) < 4.78 is 11.9. The van der Waals surface area contributed by atoms with Gasteiger partial charge in [-0.2, -0.15) is 0 Å². The number of hydrogen-bond donors (Lipinski definition) is 0. The van der Waals surface area contributed by atoms with Crippen LogP contribution < -0.4 is 4.74 Å². The number of alkyl halides is 1. The normalized spacial score (nSPS) is 13.2. The van der Waals surface area contributed by atoms with Gasteiger partial charge in [0.05, 0.1) is 6.61 Å². The number of rotatable bonds is 7. The number of halogens is 2. The monoisotopic (exact) mass is 486 g/mol. The van der Waals surface area contributed by atoms with E-state index in [1.54, 1.807) is 0 Å². The molecular formula is C19H20BrIO2. The lowest BCUT2D eigenvalue weighted by molar-refractivity contribution is 0.0566. The van der Waals surface area contributed by atoms with Gasteiger partial charge in [0.1, 0.15) is 15.6 Å². The molecule has 2 aromatic rings. The molecule has 1 unspecified atom stereocenters. The van der Waals surface area contributed by atoms with Crippen molar-refractivity contribution in [2.24, 2.45) is 5.41 Å². The molecule has 0 aromatic heterocycles. The van der Waals surface area contributed by atoms with E-state index in [0.717, 1.165) is 17.1 Å². The summed E-state index contributed by atoms with van der Waals surface area (Å²) in [6.07, 6.45) is 2.10. The molecule has 0 radical (unpaired) electrons. The minimum Gasteiger partial charge on any atom is -0.457 e. The average Bonchev–Trinajstić information content (AvgIpc) is 2.54. The molecule has 4 heteroatoms. The van der Waals surface area contributed by atoms with Crippen molar-refractivity contribution in [1.29, 1.82) is 0 Å². The summed E-state index contributed by atoms with van der Waals surface area (Å²) in [5.41, 5.74) is 1.06. The van der Waals surface area contributed by atoms with Crippen molar-refractivity contribution in [3.63, 3.8) is 0 Å². The topological polar surface area (TPSA) is 18.5 Å². The van der Waals surface area contributed by atoms with Gasteiger partial charge in [0.25, 0.3) is 0 Å². The van der Waals surface area contributed by atoms with E-state index in [1.807, 2.05) is 53.5 Å². The van der Waals surface area contributed by atoms with E-state index < -0.39 is 0 Å². The van der Waals surface area contributed by atoms with Gasteiger partial charge < -0.3 is 9.47 Å². The van der Waals surface area contributed by atoms with Gasteiger partial charge in [-0.3, -0.25) is 0 Å². The summed E-state index contributed by atoms with van der Waals surface area (Å²) in [5, 5.41) is 0. The second kappa shape index (κ2) is 8.85. The predicted octanol–water partition coefficient (Wildman–Crippen LogP) is 6.69. The van der Waals surface area contributed by atoms with Gasteiger partial charge in [-0.15, -0.1) is 0 Å². The van der Waals surface area contributed by atoms with Crippen molar-refractivity contribution in [2.75, 3.05) is 0 Å². The Bertz CT molecular complexity index is 641. The van der Waals surface area contributed by atoms with Crippen molar-refractivity contribution in [2.45, 2.75) is 24.6 Å². The molecule has 0 saturated heterocycles. The Kier molecular flexibility index (Phi) is 7.11. The van der Waals surface area contributed by atoms with Gasteiger partial charge in [-0.25, -0.2) is 0 Å². The van der Waals surface area contributed by atoms with Crippen LogP contribution in [-0.4, -0.2) is 4.11 Å². The molecule has 0 heterocycles. The van der Waals surface area contributed by atoms with E-state index in [4.69, 9.17) is 9.47 Å². The molecule has 0 aliphatic rings. The van der Waals surface area contributed by atoms with Gasteiger partial charge in [-0.1, -0.05) is 88.8 Å². The fourth-order valence-corrected chi connectivity index (χ4v) is 3.01. The van der Waals surface area contributed by atoms with Crippen molar-refractivity contribution in [3.05, 3.63) is 71.2 Å². The zero-order chi connectivity index (χ0) is 16.7. The fraction of sp³-hybridized carbons (Fsp3) is 0.263. The Hall–Kier alpha value is -0.850. The molecule has 0 spiro atoms. The summed E-state index contributed by atoms with van der Waals surface area (Å²) in [6, 6.07) is 17.8. The highest BCUT2D eigenvalue weighted by atomic mass is 127. The first-order valence-electron chi connectivity index (χ1n) is 7.37. The third-order valence-electron chi connectivity index (χ3n) is 3.35. The van der Waals surface area contributed by atoms with E-state index in [0.29, 0.717) is 6.61 Å². The Labute approximate surface area is 160 Å². The van der Waals surface area contributed by atoms with Crippen molar-refractivity contribution < 1.29 is 9.47 Å². The second-order valence-corrected chi connectivity index (χ2v) is 7.46. The first kappa shape index (κ1) is 18.5. The average molecular weight is 487 g/mol. The SMILES string of the molecule is CC(C)(C=CBr)C(I)OCc1cccc(Oc2ccccc2)c1. The maximum absolute atomic E-state index is 6.01. The van der Waals surface area contributed by atoms with Crippen LogP contribution in [-0.2, 0) is 11.3 Å². The van der Waals surface area contributed by atoms with Gasteiger partial charge in [0.2, 0.25) is 0 Å². The minimum atomic E-state index is -0.0395. The number of benzene rings is 2. The van der Waals surface area contributed by atoms with Crippen molar-refractivity contribution in [3.8, 4) is 11.5 Å². The van der Waals surface area contributed by atoms with Gasteiger partial charge in [0.15, 0.2) is 0 Å². The first-order chi connectivity index (χ1) is 11.0. The summed E-state index contributed by atoms with van der Waals surface area (Å²) in [4.78, 5) is 1.89. The third-order valence-corrected chi connectivity index (χ3v) is 5.58. The van der Waals surface area contributed by atoms with Gasteiger partial charge in [0, 0.05) is 5.41 Å². The van der Waals surface area contributed by atoms with Crippen LogP contribution in [0.4, 0.5) is 0 Å². The maximum atomic E-state index is 6.01. The summed E-state index contributed by atoms with van der Waals surface area (Å²) >= 11 is 5.67. The van der Waals surface area contributed by atoms with E-state index in [9.17, 15) is 0 Å². The lowest BCUT2D eigenvalue weighted by Gasteiger charge is -2.26. The minimum absolute atomic E-state index is 0.0395. The summed E-state index contributed by atoms with van der Waals surface area (Å²) in [5.74, 6) is 1.66. The lowest BCUT2D eigenvalue weighted by atomic mass is 9.95. The molecule has 0 aliphatic carbocycles. The Morgan fingerprint density at radius 1 is 1.09 bits per heavy atom. The highest BCUT2D eigenvalue weighted by Gasteiger charge is 2.25. The molecule has 1 atom stereocenters. The molecule has 0 saturated carbocycles. The molecule has 23 heavy (non-hydrogen) atoms. The van der Waals surface area contributed by atoms with Gasteiger partial charge >= 0.3 is 0 Å². The third kappa shape index (κ3) is 5.94. The molecule has 2 rings (SSSR count). The second-order valence-electron chi connectivity index (χ2n) is 5.80. The Morgan fingerprint density at radius 2 is 1.78 bits per heavy atom. The zero-order valence-corrected chi connectivity index (χ0v) is 17.0. The molecule has 0 bridgehead atoms. The smallest absolute Gasteiger partial charge is 0.127 e. The fourth-order valence-electron chi connectivity index (χ4n) is 1.95. The van der Waals surface area contributed by atoms with Crippen LogP contribution in [0.25, 0.3) is 0 Å². The van der Waals surface area contributed by atoms with Crippen molar-refractivity contribution >= 4 is 38.5 Å². The molecule has 0 N–H and O–H groups in total. The van der Waals surface area contributed by atoms with Crippen LogP contribution in [0.3, 0.4) is 0 Å². The first-order valence-corrected chi connectivity index (χ1v) is 9.53. The molecule has 122 valence electrons. The highest BCUT2D eigenvalue weighted by molar-refractivity contribution is 14.1. The predicted molar refractivity (Wildman–Crippen MR) is 107 cm³/mol. The number of para-hydroxylation sites is 1. The molecule has 0 amide bonds. The van der Waals surface area contributed by atoms with Crippen LogP contribution in [0.15, 0.2) is 65.7 Å². The highest BCUT2D eigenvalue weighted by Crippen LogP contribution is 2.31. The van der Waals surface area contributed by atoms with E-state index in [1.165, 1.54) is 0 Å². The van der Waals surface area contributed by atoms with Crippen molar-refractivity contribution in [1.82, 2.24) is 0 Å². The van der Waals surface area contributed by atoms with E-state index >= 15 is 0 Å². The maximum Gasteiger partial charge on any atom is 0.127 e. The quantitative estimate of drug-likeness (QED) is 0.320. The van der Waals surface area contributed by atoms with Crippen LogP contribution >= 0.6 is 38.5 Å². The molecule has 2 nitrogen and oxygen atoms in total. The van der Waals surface area contributed by atoms with Crippen LogP contribution in [0.5, 0.6) is 11.5 Å². The molecular weight excluding hydrogens is 467 g/mol. The Morgan fingerprint density at radius 3 is 2.48 bits per heavy atom. The summed E-state index contributed by atoms with van der Waals surface area (Å²) in [7, 11) is 0.